The molecular formula is C44H58N4O10. The lowest BCUT2D eigenvalue weighted by Crippen LogP contribution is -2.15. The van der Waals surface area contributed by atoms with Crippen LogP contribution >= 0.6 is 0 Å². The van der Waals surface area contributed by atoms with Crippen LogP contribution in [0, 0.1) is 13.8 Å². The number of rotatable bonds is 22. The van der Waals surface area contributed by atoms with Crippen molar-refractivity contribution in [3.8, 4) is 0 Å². The summed E-state index contributed by atoms with van der Waals surface area (Å²) in [6, 6.07) is 7.95. The van der Waals surface area contributed by atoms with E-state index < -0.39 is 11.9 Å². The highest BCUT2D eigenvalue weighted by molar-refractivity contribution is 5.96. The average Bonchev–Trinajstić information content (AvgIpc) is 3.85. The lowest BCUT2D eigenvalue weighted by Gasteiger charge is -2.16. The summed E-state index contributed by atoms with van der Waals surface area (Å²) >= 11 is 0. The van der Waals surface area contributed by atoms with Crippen LogP contribution in [0.5, 0.6) is 0 Å². The summed E-state index contributed by atoms with van der Waals surface area (Å²) in [5, 5.41) is 19.4. The Morgan fingerprint density at radius 2 is 1.10 bits per heavy atom. The number of hydrogen-bond donors (Lipinski definition) is 4. The summed E-state index contributed by atoms with van der Waals surface area (Å²) in [4.78, 5) is 41.1. The molecule has 0 amide bonds. The molecule has 314 valence electrons. The van der Waals surface area contributed by atoms with E-state index in [2.05, 4.69) is 9.97 Å². The van der Waals surface area contributed by atoms with Crippen LogP contribution in [0.3, 0.4) is 0 Å². The number of nitrogens with one attached hydrogen (secondary N) is 2. The van der Waals surface area contributed by atoms with E-state index in [0.717, 1.165) is 66.8 Å². The lowest BCUT2D eigenvalue weighted by molar-refractivity contribution is -0.137. The topological polar surface area (TPSA) is 187 Å². The van der Waals surface area contributed by atoms with Gasteiger partial charge in [0.1, 0.15) is 0 Å². The molecule has 4 N–H and O–H groups in total. The Morgan fingerprint density at radius 3 is 1.74 bits per heavy atom. The van der Waals surface area contributed by atoms with Crippen molar-refractivity contribution < 1.29 is 48.2 Å². The number of H-pyrrole nitrogens is 2. The standard InChI is InChI=1S/C44H58N4O10/c1-25-31(9-11-41(49)50)37-24-38-32(10-12-42(51)52)26(2)34(46-38)22-39-44(30(6)58-20-18-56-16-14-54-8)28(4)36(48-39)23-40-43(27(3)35(47-40)21-33(25)45-37)29(5)57-19-17-55-15-13-53-7/h21-24,29-30,46-47H,9-20H2,1-8H3,(H,49,50)(H,51,52). The number of hydrogen-bond acceptors (Lipinski definition) is 10. The Labute approximate surface area is 339 Å². The van der Waals surface area contributed by atoms with E-state index in [0.29, 0.717) is 75.5 Å². The third kappa shape index (κ3) is 10.9. The van der Waals surface area contributed by atoms with Crippen molar-refractivity contribution in [2.75, 3.05) is 67.1 Å². The van der Waals surface area contributed by atoms with Crippen LogP contribution in [-0.4, -0.2) is 115 Å². The van der Waals surface area contributed by atoms with Gasteiger partial charge in [0.15, 0.2) is 0 Å². The van der Waals surface area contributed by atoms with Gasteiger partial charge in [0.05, 0.1) is 87.8 Å². The number of aliphatic carboxylic acids is 2. The highest BCUT2D eigenvalue weighted by atomic mass is 16.5. The molecule has 3 aromatic rings. The smallest absolute Gasteiger partial charge is 0.303 e. The number of fused-ring (bicyclic) bond motifs is 8. The number of nitrogens with zero attached hydrogens (tertiary/aromatic N) is 2. The summed E-state index contributed by atoms with van der Waals surface area (Å²) in [5.41, 5.74) is 13.2. The average molecular weight is 803 g/mol. The fourth-order valence-electron chi connectivity index (χ4n) is 7.51. The number of allylic oxidation sites excluding steroid dienone is 3. The molecule has 5 rings (SSSR count). The van der Waals surface area contributed by atoms with E-state index in [-0.39, 0.29) is 37.9 Å². The second-order valence-corrected chi connectivity index (χ2v) is 14.6. The molecule has 0 fully saturated rings. The first-order valence-corrected chi connectivity index (χ1v) is 19.8. The first-order chi connectivity index (χ1) is 27.8. The van der Waals surface area contributed by atoms with E-state index in [1.165, 1.54) is 0 Å². The molecular weight excluding hydrogens is 745 g/mol. The van der Waals surface area contributed by atoms with E-state index in [9.17, 15) is 19.8 Å². The molecule has 14 nitrogen and oxygen atoms in total. The molecule has 58 heavy (non-hydrogen) atoms. The Hall–Kier alpha value is -4.70. The van der Waals surface area contributed by atoms with Gasteiger partial charge in [0.2, 0.25) is 0 Å². The number of carboxylic acid groups (broad SMARTS) is 2. The van der Waals surface area contributed by atoms with Crippen LogP contribution in [-0.2, 0) is 44.4 Å². The van der Waals surface area contributed by atoms with Crippen LogP contribution in [0.25, 0.3) is 44.4 Å². The van der Waals surface area contributed by atoms with Crippen molar-refractivity contribution in [2.24, 2.45) is 0 Å². The van der Waals surface area contributed by atoms with Crippen molar-refractivity contribution >= 4 is 56.3 Å². The van der Waals surface area contributed by atoms with Crippen LogP contribution in [0.1, 0.15) is 98.1 Å². The summed E-state index contributed by atoms with van der Waals surface area (Å²) in [7, 11) is 3.27. The molecule has 0 spiro atoms. The largest absolute Gasteiger partial charge is 0.481 e. The quantitative estimate of drug-likeness (QED) is 0.0735. The molecule has 14 heteroatoms. The Kier molecular flexibility index (Phi) is 15.9. The number of aromatic amines is 2. The number of carbonyl (C=O) groups is 2. The maximum absolute atomic E-state index is 11.8. The Bertz CT molecular complexity index is 2180. The summed E-state index contributed by atoms with van der Waals surface area (Å²) < 4.78 is 34.2. The predicted molar refractivity (Wildman–Crippen MR) is 223 cm³/mol. The van der Waals surface area contributed by atoms with Gasteiger partial charge < -0.3 is 48.6 Å². The van der Waals surface area contributed by atoms with Gasteiger partial charge in [0, 0.05) is 60.3 Å². The Balaban J connectivity index is 1.76. The number of aryl methyl sites for hydroxylation is 3. The molecule has 2 atom stereocenters. The van der Waals surface area contributed by atoms with Gasteiger partial charge in [-0.15, -0.1) is 0 Å². The number of aromatic nitrogens is 4. The van der Waals surface area contributed by atoms with E-state index in [1.807, 2.05) is 65.8 Å². The molecule has 8 bridgehead atoms. The molecule has 0 aromatic carbocycles. The van der Waals surface area contributed by atoms with Crippen LogP contribution < -0.4 is 0 Å². The zero-order valence-electron chi connectivity index (χ0n) is 35.0. The van der Waals surface area contributed by atoms with Crippen LogP contribution in [0.15, 0.2) is 24.3 Å². The molecule has 5 heterocycles. The minimum atomic E-state index is -0.905. The second kappa shape index (κ2) is 20.8. The Morgan fingerprint density at radius 1 is 0.603 bits per heavy atom. The number of carboxylic acids is 2. The maximum atomic E-state index is 11.8. The predicted octanol–water partition coefficient (Wildman–Crippen LogP) is 7.48. The summed E-state index contributed by atoms with van der Waals surface area (Å²) in [5.74, 6) is -1.81. The van der Waals surface area contributed by atoms with Gasteiger partial charge in [-0.3, -0.25) is 9.59 Å². The van der Waals surface area contributed by atoms with Crippen molar-refractivity contribution in [2.45, 2.75) is 79.4 Å². The zero-order valence-corrected chi connectivity index (χ0v) is 35.0. The van der Waals surface area contributed by atoms with Gasteiger partial charge >= 0.3 is 11.9 Å². The molecule has 0 aliphatic carbocycles. The van der Waals surface area contributed by atoms with Crippen LogP contribution in [0.4, 0.5) is 0 Å². The summed E-state index contributed by atoms with van der Waals surface area (Å²) in [6.07, 6.45) is -0.224. The molecule has 0 saturated carbocycles. The fourth-order valence-corrected chi connectivity index (χ4v) is 7.51. The fraction of sp³-hybridized carbons (Fsp3) is 0.500. The van der Waals surface area contributed by atoms with Gasteiger partial charge in [-0.1, -0.05) is 0 Å². The minimum absolute atomic E-state index is 0.0632. The van der Waals surface area contributed by atoms with Crippen molar-refractivity contribution in [1.29, 1.82) is 0 Å². The SMILES string of the molecule is COCCOCCOC(C)C1=C(C)c2cc3[nH]c(cc4nc(cc5[nH]c(cc1n2)c(C)c5CCC(=O)O)C(CCC(=O)O)=C4C)c(C)c3C(C)OCCOCCOC. The third-order valence-electron chi connectivity index (χ3n) is 10.7. The first-order valence-electron chi connectivity index (χ1n) is 19.8. The van der Waals surface area contributed by atoms with Gasteiger partial charge in [-0.25, -0.2) is 9.97 Å². The number of methoxy groups -OCH3 is 2. The van der Waals surface area contributed by atoms with E-state index in [1.54, 1.807) is 14.2 Å². The second-order valence-electron chi connectivity index (χ2n) is 14.6. The summed E-state index contributed by atoms with van der Waals surface area (Å²) in [6.45, 7) is 15.6. The third-order valence-corrected chi connectivity index (χ3v) is 10.7. The van der Waals surface area contributed by atoms with Gasteiger partial charge in [0.25, 0.3) is 0 Å². The molecule has 3 aromatic heterocycles. The molecule has 0 radical (unpaired) electrons. The highest BCUT2D eigenvalue weighted by Crippen LogP contribution is 2.38. The molecule has 2 aliphatic rings. The minimum Gasteiger partial charge on any atom is -0.481 e. The molecule has 0 saturated heterocycles. The van der Waals surface area contributed by atoms with Crippen LogP contribution in [0.2, 0.25) is 0 Å². The van der Waals surface area contributed by atoms with Gasteiger partial charge in [-0.05, 0) is 112 Å². The van der Waals surface area contributed by atoms with Crippen molar-refractivity contribution in [3.05, 3.63) is 69.3 Å². The normalized spacial score (nSPS) is 14.1. The zero-order chi connectivity index (χ0) is 41.9. The van der Waals surface area contributed by atoms with E-state index in [4.69, 9.17) is 38.4 Å². The molecule has 2 unspecified atom stereocenters. The van der Waals surface area contributed by atoms with Crippen molar-refractivity contribution in [1.82, 2.24) is 19.9 Å². The monoisotopic (exact) mass is 802 g/mol. The number of ether oxygens (including phenoxy) is 6. The first kappa shape index (κ1) is 44.4. The van der Waals surface area contributed by atoms with E-state index >= 15 is 0 Å². The maximum Gasteiger partial charge on any atom is 0.303 e. The highest BCUT2D eigenvalue weighted by Gasteiger charge is 2.25. The van der Waals surface area contributed by atoms with Crippen molar-refractivity contribution in [3.63, 3.8) is 0 Å². The molecule has 2 aliphatic heterocycles. The lowest BCUT2D eigenvalue weighted by atomic mass is 9.99. The van der Waals surface area contributed by atoms with Gasteiger partial charge in [-0.2, -0.15) is 0 Å².